The van der Waals surface area contributed by atoms with Crippen molar-refractivity contribution in [2.45, 2.75) is 38.6 Å². The Morgan fingerprint density at radius 1 is 1.32 bits per heavy atom. The molecule has 0 atom stereocenters. The zero-order valence-electron chi connectivity index (χ0n) is 11.1. The summed E-state index contributed by atoms with van der Waals surface area (Å²) < 4.78 is 2.08. The lowest BCUT2D eigenvalue weighted by Crippen LogP contribution is -2.17. The topological polar surface area (TPSA) is 29.9 Å². The molecule has 19 heavy (non-hydrogen) atoms. The maximum absolute atomic E-state index is 6.20. The van der Waals surface area contributed by atoms with Gasteiger partial charge in [0, 0.05) is 23.5 Å². The molecule has 1 aromatic heterocycles. The highest BCUT2D eigenvalue weighted by Gasteiger charge is 2.17. The molecule has 4 heteroatoms. The highest BCUT2D eigenvalue weighted by atomic mass is 35.5. The molecule has 100 valence electrons. The fourth-order valence-electron chi connectivity index (χ4n) is 2.71. The normalized spacial score (nSPS) is 15.9. The van der Waals surface area contributed by atoms with E-state index < -0.39 is 0 Å². The van der Waals surface area contributed by atoms with Crippen LogP contribution in [0.25, 0.3) is 5.69 Å². The van der Waals surface area contributed by atoms with E-state index in [1.807, 2.05) is 31.5 Å². The van der Waals surface area contributed by atoms with Crippen LogP contribution < -0.4 is 5.32 Å². The van der Waals surface area contributed by atoms with Crippen LogP contribution in [0, 0.1) is 6.92 Å². The molecule has 3 rings (SSSR count). The van der Waals surface area contributed by atoms with Gasteiger partial charge in [-0.05, 0) is 37.5 Å². The fourth-order valence-corrected chi connectivity index (χ4v) is 2.88. The smallest absolute Gasteiger partial charge is 0.207 e. The van der Waals surface area contributed by atoms with Gasteiger partial charge in [-0.15, -0.1) is 0 Å². The molecular formula is C15H18ClN3. The molecule has 1 heterocycles. The predicted octanol–water partition coefficient (Wildman–Crippen LogP) is 4.19. The van der Waals surface area contributed by atoms with Gasteiger partial charge in [0.1, 0.15) is 0 Å². The molecule has 2 aromatic rings. The van der Waals surface area contributed by atoms with E-state index in [0.29, 0.717) is 6.04 Å². The summed E-state index contributed by atoms with van der Waals surface area (Å²) in [7, 11) is 0. The van der Waals surface area contributed by atoms with E-state index in [4.69, 9.17) is 11.6 Å². The highest BCUT2D eigenvalue weighted by Crippen LogP contribution is 2.26. The van der Waals surface area contributed by atoms with E-state index in [1.54, 1.807) is 0 Å². The van der Waals surface area contributed by atoms with Crippen molar-refractivity contribution in [2.24, 2.45) is 0 Å². The minimum atomic E-state index is 0.556. The van der Waals surface area contributed by atoms with E-state index in [0.717, 1.165) is 22.2 Å². The lowest BCUT2D eigenvalue weighted by atomic mass is 10.2. The number of hydrogen-bond acceptors (Lipinski definition) is 2. The molecule has 0 unspecified atom stereocenters. The van der Waals surface area contributed by atoms with Crippen molar-refractivity contribution in [3.05, 3.63) is 41.2 Å². The predicted molar refractivity (Wildman–Crippen MR) is 79.2 cm³/mol. The van der Waals surface area contributed by atoms with Gasteiger partial charge in [-0.25, -0.2) is 4.98 Å². The average molecular weight is 276 g/mol. The Balaban J connectivity index is 1.92. The fraction of sp³-hybridized carbons (Fsp3) is 0.400. The molecule has 1 N–H and O–H groups in total. The van der Waals surface area contributed by atoms with Crippen LogP contribution in [-0.4, -0.2) is 15.6 Å². The first-order chi connectivity index (χ1) is 9.25. The second-order valence-electron chi connectivity index (χ2n) is 5.13. The largest absolute Gasteiger partial charge is 0.353 e. The number of benzene rings is 1. The van der Waals surface area contributed by atoms with E-state index in [-0.39, 0.29) is 0 Å². The second kappa shape index (κ2) is 5.25. The summed E-state index contributed by atoms with van der Waals surface area (Å²) in [6.45, 7) is 2.04. The molecule has 0 spiro atoms. The van der Waals surface area contributed by atoms with Crippen LogP contribution >= 0.6 is 11.6 Å². The van der Waals surface area contributed by atoms with Gasteiger partial charge < -0.3 is 5.32 Å². The van der Waals surface area contributed by atoms with Gasteiger partial charge in [0.15, 0.2) is 0 Å². The molecule has 0 amide bonds. The average Bonchev–Trinajstić information content (AvgIpc) is 3.05. The number of aromatic nitrogens is 2. The minimum absolute atomic E-state index is 0.556. The molecule has 0 radical (unpaired) electrons. The van der Waals surface area contributed by atoms with Gasteiger partial charge in [0.05, 0.1) is 5.69 Å². The molecule has 1 saturated carbocycles. The number of rotatable bonds is 3. The van der Waals surface area contributed by atoms with Crippen LogP contribution in [0.4, 0.5) is 5.95 Å². The molecular weight excluding hydrogens is 258 g/mol. The van der Waals surface area contributed by atoms with Crippen LogP contribution in [0.1, 0.15) is 31.2 Å². The Labute approximate surface area is 118 Å². The van der Waals surface area contributed by atoms with Gasteiger partial charge >= 0.3 is 0 Å². The summed E-state index contributed by atoms with van der Waals surface area (Å²) in [5.41, 5.74) is 2.17. The molecule has 0 aliphatic heterocycles. The number of imidazole rings is 1. The van der Waals surface area contributed by atoms with Crippen LogP contribution in [-0.2, 0) is 0 Å². The summed E-state index contributed by atoms with van der Waals surface area (Å²) in [6.07, 6.45) is 8.92. The van der Waals surface area contributed by atoms with Crippen LogP contribution in [0.5, 0.6) is 0 Å². The van der Waals surface area contributed by atoms with E-state index in [9.17, 15) is 0 Å². The van der Waals surface area contributed by atoms with E-state index in [1.165, 1.54) is 25.7 Å². The van der Waals surface area contributed by atoms with Crippen molar-refractivity contribution in [1.29, 1.82) is 0 Å². The Morgan fingerprint density at radius 2 is 2.11 bits per heavy atom. The van der Waals surface area contributed by atoms with Gasteiger partial charge in [-0.3, -0.25) is 4.57 Å². The van der Waals surface area contributed by atoms with Crippen molar-refractivity contribution in [2.75, 3.05) is 5.32 Å². The molecule has 0 bridgehead atoms. The molecule has 1 aliphatic rings. The van der Waals surface area contributed by atoms with Gasteiger partial charge in [0.25, 0.3) is 0 Å². The quantitative estimate of drug-likeness (QED) is 0.910. The molecule has 1 aromatic carbocycles. The molecule has 1 fully saturated rings. The Morgan fingerprint density at radius 3 is 2.89 bits per heavy atom. The third-order valence-corrected chi connectivity index (χ3v) is 4.24. The van der Waals surface area contributed by atoms with Crippen LogP contribution in [0.15, 0.2) is 30.6 Å². The number of hydrogen-bond donors (Lipinski definition) is 1. The van der Waals surface area contributed by atoms with Crippen molar-refractivity contribution in [1.82, 2.24) is 9.55 Å². The standard InChI is InChI=1S/C15H18ClN3/c1-11-13(16)7-4-8-14(11)19-10-9-17-15(19)18-12-5-2-3-6-12/h4,7-10,12H,2-3,5-6H2,1H3,(H,17,18). The van der Waals surface area contributed by atoms with Crippen molar-refractivity contribution >= 4 is 17.5 Å². The number of nitrogens with zero attached hydrogens (tertiary/aromatic N) is 2. The van der Waals surface area contributed by atoms with Gasteiger partial charge in [-0.1, -0.05) is 30.5 Å². The first kappa shape index (κ1) is 12.5. The van der Waals surface area contributed by atoms with Crippen molar-refractivity contribution in [3.63, 3.8) is 0 Å². The second-order valence-corrected chi connectivity index (χ2v) is 5.54. The maximum Gasteiger partial charge on any atom is 0.207 e. The van der Waals surface area contributed by atoms with Gasteiger partial charge in [-0.2, -0.15) is 0 Å². The van der Waals surface area contributed by atoms with Crippen LogP contribution in [0.2, 0.25) is 5.02 Å². The summed E-state index contributed by atoms with van der Waals surface area (Å²) in [5, 5.41) is 4.33. The maximum atomic E-state index is 6.20. The Bertz CT molecular complexity index is 571. The monoisotopic (exact) mass is 275 g/mol. The van der Waals surface area contributed by atoms with E-state index >= 15 is 0 Å². The lowest BCUT2D eigenvalue weighted by Gasteiger charge is -2.16. The van der Waals surface area contributed by atoms with Gasteiger partial charge in [0.2, 0.25) is 5.95 Å². The third-order valence-electron chi connectivity index (χ3n) is 3.83. The number of anilines is 1. The molecule has 3 nitrogen and oxygen atoms in total. The van der Waals surface area contributed by atoms with Crippen molar-refractivity contribution in [3.8, 4) is 5.69 Å². The lowest BCUT2D eigenvalue weighted by molar-refractivity contribution is 0.740. The first-order valence-corrected chi connectivity index (χ1v) is 7.19. The highest BCUT2D eigenvalue weighted by molar-refractivity contribution is 6.31. The third kappa shape index (κ3) is 2.47. The van der Waals surface area contributed by atoms with Crippen LogP contribution in [0.3, 0.4) is 0 Å². The first-order valence-electron chi connectivity index (χ1n) is 6.81. The zero-order chi connectivity index (χ0) is 13.2. The number of halogens is 1. The SMILES string of the molecule is Cc1c(Cl)cccc1-n1ccnc1NC1CCCC1. The summed E-state index contributed by atoms with van der Waals surface area (Å²) >= 11 is 6.20. The Hall–Kier alpha value is -1.48. The molecule has 0 saturated heterocycles. The molecule has 1 aliphatic carbocycles. The minimum Gasteiger partial charge on any atom is -0.353 e. The Kier molecular flexibility index (Phi) is 3.47. The summed E-state index contributed by atoms with van der Waals surface area (Å²) in [4.78, 5) is 4.44. The zero-order valence-corrected chi connectivity index (χ0v) is 11.8. The van der Waals surface area contributed by atoms with E-state index in [2.05, 4.69) is 20.9 Å². The number of nitrogens with one attached hydrogen (secondary N) is 1. The summed E-state index contributed by atoms with van der Waals surface area (Å²) in [6, 6.07) is 6.52. The summed E-state index contributed by atoms with van der Waals surface area (Å²) in [5.74, 6) is 0.914. The van der Waals surface area contributed by atoms with Crippen molar-refractivity contribution < 1.29 is 0 Å².